The molecule has 1 heterocycles. The number of carbonyl (C=O) groups excluding carboxylic acids is 1. The summed E-state index contributed by atoms with van der Waals surface area (Å²) in [4.78, 5) is 13.6. The van der Waals surface area contributed by atoms with Crippen LogP contribution in [-0.4, -0.2) is 31.7 Å². The van der Waals surface area contributed by atoms with Crippen molar-refractivity contribution in [3.05, 3.63) is 62.7 Å². The third kappa shape index (κ3) is 4.23. The highest BCUT2D eigenvalue weighted by molar-refractivity contribution is 7.93. The van der Waals surface area contributed by atoms with Gasteiger partial charge in [-0.15, -0.1) is 11.3 Å². The highest BCUT2D eigenvalue weighted by Gasteiger charge is 2.29. The Morgan fingerprint density at radius 1 is 1.19 bits per heavy atom. The van der Waals surface area contributed by atoms with Gasteiger partial charge in [0.25, 0.3) is 0 Å². The van der Waals surface area contributed by atoms with E-state index in [2.05, 4.69) is 5.32 Å². The maximum Gasteiger partial charge on any atom is 0.239 e. The van der Waals surface area contributed by atoms with E-state index >= 15 is 0 Å². The van der Waals surface area contributed by atoms with E-state index in [1.165, 1.54) is 4.31 Å². The van der Waals surface area contributed by atoms with Crippen LogP contribution in [0.15, 0.2) is 46.7 Å². The van der Waals surface area contributed by atoms with Gasteiger partial charge < -0.3 is 5.32 Å². The monoisotopic (exact) mass is 390 g/mol. The average Bonchev–Trinajstić information content (AvgIpc) is 3.17. The van der Waals surface area contributed by atoms with Crippen molar-refractivity contribution in [2.24, 2.45) is 0 Å². The zero-order valence-electron chi connectivity index (χ0n) is 14.6. The Hall–Kier alpha value is -1.96. The van der Waals surface area contributed by atoms with Crippen LogP contribution in [0.2, 0.25) is 0 Å². The Morgan fingerprint density at radius 2 is 2.00 bits per heavy atom. The molecule has 1 aliphatic carbocycles. The summed E-state index contributed by atoms with van der Waals surface area (Å²) in [5.74, 6) is -0.291. The number of nitrogens with one attached hydrogen (secondary N) is 1. The van der Waals surface area contributed by atoms with Crippen molar-refractivity contribution in [3.8, 4) is 0 Å². The van der Waals surface area contributed by atoms with Crippen molar-refractivity contribution >= 4 is 33.3 Å². The molecule has 1 aliphatic rings. The van der Waals surface area contributed by atoms with Crippen LogP contribution in [0.1, 0.15) is 29.3 Å². The van der Waals surface area contributed by atoms with Gasteiger partial charge in [-0.3, -0.25) is 4.79 Å². The average molecular weight is 391 g/mol. The Labute approximate surface area is 158 Å². The Bertz CT molecular complexity index is 903. The van der Waals surface area contributed by atoms with Crippen LogP contribution in [0.25, 0.3) is 6.08 Å². The minimum atomic E-state index is -3.65. The molecule has 0 unspecified atom stereocenters. The van der Waals surface area contributed by atoms with Gasteiger partial charge in [-0.2, -0.15) is 4.31 Å². The molecular formula is C19H22N2O3S2. The lowest BCUT2D eigenvalue weighted by Crippen LogP contribution is -2.41. The molecule has 1 aromatic heterocycles. The first-order valence-corrected chi connectivity index (χ1v) is 10.9. The smallest absolute Gasteiger partial charge is 0.239 e. The van der Waals surface area contributed by atoms with Crippen LogP contribution in [0.5, 0.6) is 0 Å². The molecule has 5 nitrogen and oxygen atoms in total. The number of nitrogens with zero attached hydrogens (tertiary/aromatic N) is 1. The maximum absolute atomic E-state index is 13.0. The number of hydrogen-bond acceptors (Lipinski definition) is 4. The van der Waals surface area contributed by atoms with Gasteiger partial charge in [0.2, 0.25) is 15.9 Å². The molecule has 0 bridgehead atoms. The molecule has 7 heteroatoms. The van der Waals surface area contributed by atoms with Crippen LogP contribution >= 0.6 is 11.3 Å². The zero-order valence-corrected chi connectivity index (χ0v) is 16.3. The second kappa shape index (κ2) is 8.16. The van der Waals surface area contributed by atoms with Crippen LogP contribution in [-0.2, 0) is 27.8 Å². The lowest BCUT2D eigenvalue weighted by molar-refractivity contribution is -0.121. The van der Waals surface area contributed by atoms with Gasteiger partial charge >= 0.3 is 0 Å². The standard InChI is InChI=1S/C19H22N2O3S2/c1-2-21(14-19(22)20-13-17-8-5-11-25-17)26(23,24)18-10-9-15-6-3-4-7-16(15)12-18/h3-8,11-12H,2,9-10,13-14H2,1H3,(H,20,22). The van der Waals surface area contributed by atoms with E-state index in [4.69, 9.17) is 0 Å². The number of amides is 1. The van der Waals surface area contributed by atoms with Crippen LogP contribution < -0.4 is 5.32 Å². The third-order valence-electron chi connectivity index (χ3n) is 4.40. The first kappa shape index (κ1) is 18.8. The number of rotatable bonds is 7. The SMILES string of the molecule is CCN(CC(=O)NCc1cccs1)S(=O)(=O)C1=Cc2ccccc2CC1. The molecule has 0 radical (unpaired) electrons. The minimum Gasteiger partial charge on any atom is -0.350 e. The van der Waals surface area contributed by atoms with E-state index in [0.717, 1.165) is 16.0 Å². The summed E-state index contributed by atoms with van der Waals surface area (Å²) in [5.41, 5.74) is 2.10. The normalized spacial score (nSPS) is 14.0. The number of likely N-dealkylation sites (N-methyl/N-ethyl adjacent to an activating group) is 1. The molecule has 3 rings (SSSR count). The van der Waals surface area contributed by atoms with E-state index in [9.17, 15) is 13.2 Å². The van der Waals surface area contributed by atoms with Gasteiger partial charge in [-0.1, -0.05) is 37.3 Å². The lowest BCUT2D eigenvalue weighted by atomic mass is 9.98. The topological polar surface area (TPSA) is 66.5 Å². The fourth-order valence-electron chi connectivity index (χ4n) is 2.96. The summed E-state index contributed by atoms with van der Waals surface area (Å²) >= 11 is 1.56. The second-order valence-corrected chi connectivity index (χ2v) is 9.12. The van der Waals surface area contributed by atoms with Gasteiger partial charge in [-0.25, -0.2) is 8.42 Å². The fraction of sp³-hybridized carbons (Fsp3) is 0.316. The quantitative estimate of drug-likeness (QED) is 0.790. The first-order valence-electron chi connectivity index (χ1n) is 8.58. The van der Waals surface area contributed by atoms with Crippen molar-refractivity contribution < 1.29 is 13.2 Å². The van der Waals surface area contributed by atoms with Crippen molar-refractivity contribution in [1.29, 1.82) is 0 Å². The van der Waals surface area contributed by atoms with Crippen LogP contribution in [0.3, 0.4) is 0 Å². The predicted octanol–water partition coefficient (Wildman–Crippen LogP) is 3.00. The first-order chi connectivity index (χ1) is 12.5. The molecule has 1 amide bonds. The summed E-state index contributed by atoms with van der Waals surface area (Å²) in [6, 6.07) is 11.7. The number of benzene rings is 1. The summed E-state index contributed by atoms with van der Waals surface area (Å²) in [5, 5.41) is 4.73. The van der Waals surface area contributed by atoms with E-state index in [1.807, 2.05) is 41.8 Å². The molecule has 0 aliphatic heterocycles. The predicted molar refractivity (Wildman–Crippen MR) is 105 cm³/mol. The molecule has 0 spiro atoms. The zero-order chi connectivity index (χ0) is 18.6. The largest absolute Gasteiger partial charge is 0.350 e. The fourth-order valence-corrected chi connectivity index (χ4v) is 5.20. The molecule has 0 saturated carbocycles. The number of aryl methyl sites for hydroxylation is 1. The Morgan fingerprint density at radius 3 is 2.73 bits per heavy atom. The van der Waals surface area contributed by atoms with Crippen molar-refractivity contribution in [1.82, 2.24) is 9.62 Å². The summed E-state index contributed by atoms with van der Waals surface area (Å²) in [7, 11) is -3.65. The van der Waals surface area contributed by atoms with Gasteiger partial charge in [0.15, 0.2) is 0 Å². The van der Waals surface area contributed by atoms with Gasteiger partial charge in [0.1, 0.15) is 0 Å². The molecule has 1 aromatic carbocycles. The molecule has 138 valence electrons. The molecule has 1 N–H and O–H groups in total. The van der Waals surface area contributed by atoms with Gasteiger partial charge in [0, 0.05) is 11.4 Å². The van der Waals surface area contributed by atoms with Crippen molar-refractivity contribution in [3.63, 3.8) is 0 Å². The highest BCUT2D eigenvalue weighted by Crippen LogP contribution is 2.28. The molecule has 0 atom stereocenters. The van der Waals surface area contributed by atoms with Crippen LogP contribution in [0.4, 0.5) is 0 Å². The molecule has 0 saturated heterocycles. The number of fused-ring (bicyclic) bond motifs is 1. The number of thiophene rings is 1. The van der Waals surface area contributed by atoms with E-state index < -0.39 is 10.0 Å². The van der Waals surface area contributed by atoms with Gasteiger partial charge in [-0.05, 0) is 41.5 Å². The minimum absolute atomic E-state index is 0.163. The van der Waals surface area contributed by atoms with Gasteiger partial charge in [0.05, 0.1) is 18.0 Å². The number of sulfonamides is 1. The molecule has 26 heavy (non-hydrogen) atoms. The van der Waals surface area contributed by atoms with E-state index in [0.29, 0.717) is 24.3 Å². The molecular weight excluding hydrogens is 368 g/mol. The number of allylic oxidation sites excluding steroid dienone is 1. The maximum atomic E-state index is 13.0. The number of hydrogen-bond donors (Lipinski definition) is 1. The third-order valence-corrected chi connectivity index (χ3v) is 7.32. The highest BCUT2D eigenvalue weighted by atomic mass is 32.2. The van der Waals surface area contributed by atoms with E-state index in [-0.39, 0.29) is 19.0 Å². The lowest BCUT2D eigenvalue weighted by Gasteiger charge is -2.24. The second-order valence-electron chi connectivity index (χ2n) is 6.10. The Balaban J connectivity index is 1.70. The molecule has 2 aromatic rings. The van der Waals surface area contributed by atoms with Crippen molar-refractivity contribution in [2.75, 3.05) is 13.1 Å². The Kier molecular flexibility index (Phi) is 5.90. The van der Waals surface area contributed by atoms with Crippen LogP contribution in [0, 0.1) is 0 Å². The summed E-state index contributed by atoms with van der Waals surface area (Å²) in [6.45, 7) is 2.27. The van der Waals surface area contributed by atoms with Crippen molar-refractivity contribution in [2.45, 2.75) is 26.3 Å². The summed E-state index contributed by atoms with van der Waals surface area (Å²) < 4.78 is 27.2. The summed E-state index contributed by atoms with van der Waals surface area (Å²) in [6.07, 6.45) is 2.90. The number of carbonyl (C=O) groups is 1. The van der Waals surface area contributed by atoms with E-state index in [1.54, 1.807) is 24.3 Å². The molecule has 0 fully saturated rings.